The molecular formula is C16H14N2S. The summed E-state index contributed by atoms with van der Waals surface area (Å²) in [4.78, 5) is 4.77. The minimum Gasteiger partial charge on any atom is -0.338 e. The summed E-state index contributed by atoms with van der Waals surface area (Å²) < 4.78 is 0. The highest BCUT2D eigenvalue weighted by molar-refractivity contribution is 7.99. The van der Waals surface area contributed by atoms with Crippen molar-refractivity contribution in [2.24, 2.45) is 5.92 Å². The van der Waals surface area contributed by atoms with Crippen molar-refractivity contribution in [1.29, 1.82) is 5.26 Å². The first-order valence-electron chi connectivity index (χ1n) is 6.32. The Bertz CT molecular complexity index is 600. The molecule has 3 rings (SSSR count). The molecule has 0 amide bonds. The molecule has 19 heavy (non-hydrogen) atoms. The molecule has 2 aromatic rings. The van der Waals surface area contributed by atoms with E-state index >= 15 is 0 Å². The fourth-order valence-electron chi connectivity index (χ4n) is 2.29. The summed E-state index contributed by atoms with van der Waals surface area (Å²) in [6, 6.07) is 19.1. The predicted octanol–water partition coefficient (Wildman–Crippen LogP) is 4.45. The van der Waals surface area contributed by atoms with Crippen molar-refractivity contribution < 1.29 is 0 Å². The molecule has 0 fully saturated rings. The van der Waals surface area contributed by atoms with Crippen LogP contribution in [0.15, 0.2) is 58.3 Å². The van der Waals surface area contributed by atoms with E-state index in [0.717, 1.165) is 6.54 Å². The number of hydrogen-bond donors (Lipinski definition) is 0. The molecule has 1 atom stereocenters. The molecule has 0 radical (unpaired) electrons. The lowest BCUT2D eigenvalue weighted by molar-refractivity contribution is 0.727. The quantitative estimate of drug-likeness (QED) is 0.803. The second-order valence-electron chi connectivity index (χ2n) is 4.68. The van der Waals surface area contributed by atoms with Crippen LogP contribution in [0.3, 0.4) is 0 Å². The third-order valence-electron chi connectivity index (χ3n) is 3.21. The number of nitriles is 1. The summed E-state index contributed by atoms with van der Waals surface area (Å²) in [5, 5.41) is 9.08. The van der Waals surface area contributed by atoms with Crippen LogP contribution in [-0.2, 0) is 0 Å². The Balaban J connectivity index is 2.09. The summed E-state index contributed by atoms with van der Waals surface area (Å²) in [6.45, 7) is 2.69. The lowest BCUT2D eigenvalue weighted by Crippen LogP contribution is -2.25. The number of hydrogen-bond acceptors (Lipinski definition) is 3. The zero-order chi connectivity index (χ0) is 13.2. The van der Waals surface area contributed by atoms with Gasteiger partial charge in [0.15, 0.2) is 0 Å². The molecule has 1 aliphatic heterocycles. The highest BCUT2D eigenvalue weighted by Crippen LogP contribution is 2.47. The number of nitrogens with zero attached hydrogens (tertiary/aromatic N) is 2. The van der Waals surface area contributed by atoms with Crippen LogP contribution in [0.5, 0.6) is 0 Å². The molecule has 1 heterocycles. The molecule has 2 aromatic carbocycles. The van der Waals surface area contributed by atoms with Crippen molar-refractivity contribution >= 4 is 23.1 Å². The fraction of sp³-hybridized carbons (Fsp3) is 0.188. The van der Waals surface area contributed by atoms with Crippen molar-refractivity contribution in [2.45, 2.75) is 16.7 Å². The molecule has 0 spiro atoms. The minimum atomic E-state index is 0.00390. The Hall–Kier alpha value is -1.92. The average Bonchev–Trinajstić information content (AvgIpc) is 2.46. The SMILES string of the molecule is C[C@H](C#N)CN1c2ccccc2Sc2ccccc21. The Labute approximate surface area is 117 Å². The van der Waals surface area contributed by atoms with Crippen molar-refractivity contribution in [3.05, 3.63) is 48.5 Å². The summed E-state index contributed by atoms with van der Waals surface area (Å²) >= 11 is 1.80. The van der Waals surface area contributed by atoms with Gasteiger partial charge in [-0.2, -0.15) is 5.26 Å². The van der Waals surface area contributed by atoms with E-state index in [4.69, 9.17) is 5.26 Å². The van der Waals surface area contributed by atoms with E-state index in [1.54, 1.807) is 11.8 Å². The highest BCUT2D eigenvalue weighted by Gasteiger charge is 2.23. The molecule has 1 aliphatic rings. The maximum Gasteiger partial charge on any atom is 0.0671 e. The minimum absolute atomic E-state index is 0.00390. The van der Waals surface area contributed by atoms with Crippen molar-refractivity contribution in [3.8, 4) is 6.07 Å². The molecule has 0 saturated carbocycles. The van der Waals surface area contributed by atoms with Crippen LogP contribution in [0.25, 0.3) is 0 Å². The van der Waals surface area contributed by atoms with Crippen LogP contribution in [-0.4, -0.2) is 6.54 Å². The van der Waals surface area contributed by atoms with E-state index in [0.29, 0.717) is 0 Å². The first-order valence-corrected chi connectivity index (χ1v) is 7.14. The first-order chi connectivity index (χ1) is 9.29. The highest BCUT2D eigenvalue weighted by atomic mass is 32.2. The van der Waals surface area contributed by atoms with Crippen LogP contribution in [0.2, 0.25) is 0 Å². The summed E-state index contributed by atoms with van der Waals surface area (Å²) in [5.74, 6) is 0.00390. The number of rotatable bonds is 2. The van der Waals surface area contributed by atoms with Crippen LogP contribution in [0, 0.1) is 17.2 Å². The normalized spacial score (nSPS) is 14.2. The largest absolute Gasteiger partial charge is 0.338 e. The molecular weight excluding hydrogens is 252 g/mol. The van der Waals surface area contributed by atoms with E-state index in [9.17, 15) is 0 Å². The van der Waals surface area contributed by atoms with E-state index in [1.807, 2.05) is 6.92 Å². The smallest absolute Gasteiger partial charge is 0.0671 e. The molecule has 0 unspecified atom stereocenters. The van der Waals surface area contributed by atoms with Gasteiger partial charge in [-0.1, -0.05) is 36.0 Å². The van der Waals surface area contributed by atoms with E-state index < -0.39 is 0 Å². The van der Waals surface area contributed by atoms with Gasteiger partial charge < -0.3 is 4.90 Å². The molecule has 94 valence electrons. The topological polar surface area (TPSA) is 27.0 Å². The Morgan fingerprint density at radius 1 is 1.05 bits per heavy atom. The summed E-state index contributed by atoms with van der Waals surface area (Å²) in [5.41, 5.74) is 2.40. The second-order valence-corrected chi connectivity index (χ2v) is 5.76. The van der Waals surface area contributed by atoms with Gasteiger partial charge in [-0.3, -0.25) is 0 Å². The Kier molecular flexibility index (Phi) is 3.18. The standard InChI is InChI=1S/C16H14N2S/c1-12(10-17)11-18-13-6-2-4-8-15(13)19-16-9-5-3-7-14(16)18/h2-9,12H,11H2,1H3/t12-/m1/s1. The van der Waals surface area contributed by atoms with Crippen molar-refractivity contribution in [3.63, 3.8) is 0 Å². The van der Waals surface area contributed by atoms with Gasteiger partial charge in [0.1, 0.15) is 0 Å². The average molecular weight is 266 g/mol. The molecule has 0 bridgehead atoms. The molecule has 0 saturated heterocycles. The maximum absolute atomic E-state index is 9.08. The molecule has 0 aliphatic carbocycles. The van der Waals surface area contributed by atoms with Crippen molar-refractivity contribution in [2.75, 3.05) is 11.4 Å². The van der Waals surface area contributed by atoms with Gasteiger partial charge in [0, 0.05) is 16.3 Å². The lowest BCUT2D eigenvalue weighted by Gasteiger charge is -2.33. The zero-order valence-corrected chi connectivity index (χ0v) is 11.5. The van der Waals surface area contributed by atoms with Crippen LogP contribution < -0.4 is 4.90 Å². The Morgan fingerprint density at radius 3 is 2.11 bits per heavy atom. The van der Waals surface area contributed by atoms with Gasteiger partial charge in [0.05, 0.1) is 23.4 Å². The van der Waals surface area contributed by atoms with Gasteiger partial charge in [0.2, 0.25) is 0 Å². The number of fused-ring (bicyclic) bond motifs is 2. The van der Waals surface area contributed by atoms with E-state index in [-0.39, 0.29) is 5.92 Å². The third-order valence-corrected chi connectivity index (χ3v) is 4.34. The van der Waals surface area contributed by atoms with Gasteiger partial charge in [0.25, 0.3) is 0 Å². The van der Waals surface area contributed by atoms with Crippen LogP contribution in [0.4, 0.5) is 11.4 Å². The van der Waals surface area contributed by atoms with Crippen LogP contribution in [0.1, 0.15) is 6.92 Å². The molecule has 0 N–H and O–H groups in total. The maximum atomic E-state index is 9.08. The molecule has 3 heteroatoms. The van der Waals surface area contributed by atoms with Gasteiger partial charge in [-0.05, 0) is 31.2 Å². The Morgan fingerprint density at radius 2 is 1.58 bits per heavy atom. The first kappa shape index (κ1) is 12.1. The van der Waals surface area contributed by atoms with E-state index in [2.05, 4.69) is 59.5 Å². The number of benzene rings is 2. The van der Waals surface area contributed by atoms with Gasteiger partial charge in [-0.15, -0.1) is 0 Å². The summed E-state index contributed by atoms with van der Waals surface area (Å²) in [6.07, 6.45) is 0. The predicted molar refractivity (Wildman–Crippen MR) is 78.8 cm³/mol. The molecule has 0 aromatic heterocycles. The van der Waals surface area contributed by atoms with Crippen LogP contribution >= 0.6 is 11.8 Å². The van der Waals surface area contributed by atoms with Crippen molar-refractivity contribution in [1.82, 2.24) is 0 Å². The third kappa shape index (κ3) is 2.20. The lowest BCUT2D eigenvalue weighted by atomic mass is 10.1. The van der Waals surface area contributed by atoms with Gasteiger partial charge in [-0.25, -0.2) is 0 Å². The number of anilines is 2. The monoisotopic (exact) mass is 266 g/mol. The zero-order valence-electron chi connectivity index (χ0n) is 10.7. The molecule has 2 nitrogen and oxygen atoms in total. The van der Waals surface area contributed by atoms with Gasteiger partial charge >= 0.3 is 0 Å². The summed E-state index contributed by atoms with van der Waals surface area (Å²) in [7, 11) is 0. The fourth-order valence-corrected chi connectivity index (χ4v) is 3.39. The van der Waals surface area contributed by atoms with E-state index in [1.165, 1.54) is 21.2 Å². The number of para-hydroxylation sites is 2. The second kappa shape index (κ2) is 4.99.